The minimum Gasteiger partial charge on any atom is -0.356 e. The van der Waals surface area contributed by atoms with E-state index in [0.29, 0.717) is 20.0 Å². The Morgan fingerprint density at radius 3 is 2.61 bits per heavy atom. The maximum atomic E-state index is 11.6. The van der Waals surface area contributed by atoms with Crippen LogP contribution in [0.25, 0.3) is 11.2 Å². The number of carbonyl (C=O) groups excluding carboxylic acids is 2. The van der Waals surface area contributed by atoms with Crippen LogP contribution in [0.2, 0.25) is 0 Å². The van der Waals surface area contributed by atoms with Crippen molar-refractivity contribution in [1.29, 1.82) is 0 Å². The largest absolute Gasteiger partial charge is 0.356 e. The molecule has 2 amide bonds. The fraction of sp³-hybridized carbons (Fsp3) is 0.588. The number of carbonyl (C=O) groups is 2. The topological polar surface area (TPSA) is 120 Å². The Labute approximate surface area is 164 Å². The second kappa shape index (κ2) is 8.46. The molecule has 2 N–H and O–H groups in total. The number of nitrogens with zero attached hydrogens (tertiary/aromatic N) is 4. The number of hydrogen-bond donors (Lipinski definition) is 2. The molecule has 3 heterocycles. The summed E-state index contributed by atoms with van der Waals surface area (Å²) in [7, 11) is 0.367. The SMILES string of the molecule is CC[C@H]1O[C@@H](n2cnc3c(NC(C)=O)nc(NC(C)=O)nc32)C(C)[C@H]1OPC. The van der Waals surface area contributed by atoms with E-state index in [9.17, 15) is 9.59 Å². The van der Waals surface area contributed by atoms with E-state index in [1.54, 1.807) is 6.33 Å². The molecule has 3 rings (SSSR count). The lowest BCUT2D eigenvalue weighted by atomic mass is 10.0. The van der Waals surface area contributed by atoms with Crippen molar-refractivity contribution in [2.75, 3.05) is 17.3 Å². The maximum absolute atomic E-state index is 11.6. The predicted molar refractivity (Wildman–Crippen MR) is 106 cm³/mol. The molecule has 152 valence electrons. The van der Waals surface area contributed by atoms with Gasteiger partial charge in [-0.1, -0.05) is 13.8 Å². The van der Waals surface area contributed by atoms with Crippen LogP contribution in [-0.4, -0.2) is 50.2 Å². The van der Waals surface area contributed by atoms with Crippen LogP contribution in [0.5, 0.6) is 0 Å². The third-order valence-corrected chi connectivity index (χ3v) is 5.09. The number of rotatable bonds is 6. The molecule has 10 nitrogen and oxygen atoms in total. The second-order valence-corrected chi connectivity index (χ2v) is 7.35. The lowest BCUT2D eigenvalue weighted by Gasteiger charge is -2.20. The highest BCUT2D eigenvalue weighted by atomic mass is 31.1. The van der Waals surface area contributed by atoms with Crippen LogP contribution in [0.3, 0.4) is 0 Å². The molecule has 1 aliphatic heterocycles. The summed E-state index contributed by atoms with van der Waals surface area (Å²) in [6.07, 6.45) is 2.05. The van der Waals surface area contributed by atoms with E-state index in [2.05, 4.69) is 39.4 Å². The zero-order valence-electron chi connectivity index (χ0n) is 16.5. The molecule has 0 saturated carbocycles. The lowest BCUT2D eigenvalue weighted by molar-refractivity contribution is -0.115. The van der Waals surface area contributed by atoms with Gasteiger partial charge >= 0.3 is 0 Å². The van der Waals surface area contributed by atoms with Gasteiger partial charge in [-0.05, 0) is 13.1 Å². The van der Waals surface area contributed by atoms with E-state index in [0.717, 1.165) is 6.42 Å². The number of ether oxygens (including phenoxy) is 1. The summed E-state index contributed by atoms with van der Waals surface area (Å²) in [5, 5.41) is 5.20. The van der Waals surface area contributed by atoms with Gasteiger partial charge in [0, 0.05) is 28.6 Å². The van der Waals surface area contributed by atoms with Crippen LogP contribution in [0.1, 0.15) is 40.3 Å². The number of fused-ring (bicyclic) bond motifs is 1. The van der Waals surface area contributed by atoms with Crippen molar-refractivity contribution in [3.05, 3.63) is 6.33 Å². The zero-order chi connectivity index (χ0) is 20.4. The first-order valence-corrected chi connectivity index (χ1v) is 10.5. The Morgan fingerprint density at radius 2 is 2.00 bits per heavy atom. The maximum Gasteiger partial charge on any atom is 0.233 e. The number of imidazole rings is 1. The number of amides is 2. The molecular formula is C17H25N6O4P. The van der Waals surface area contributed by atoms with E-state index in [1.807, 2.05) is 11.2 Å². The van der Waals surface area contributed by atoms with E-state index in [-0.39, 0.29) is 47.9 Å². The first-order chi connectivity index (χ1) is 13.3. The molecule has 1 fully saturated rings. The van der Waals surface area contributed by atoms with E-state index < -0.39 is 0 Å². The summed E-state index contributed by atoms with van der Waals surface area (Å²) < 4.78 is 14.0. The first-order valence-electron chi connectivity index (χ1n) is 9.13. The van der Waals surface area contributed by atoms with Crippen LogP contribution in [-0.2, 0) is 18.8 Å². The molecule has 28 heavy (non-hydrogen) atoms. The highest BCUT2D eigenvalue weighted by Gasteiger charge is 2.43. The monoisotopic (exact) mass is 408 g/mol. The molecule has 1 saturated heterocycles. The van der Waals surface area contributed by atoms with Gasteiger partial charge in [0.25, 0.3) is 0 Å². The van der Waals surface area contributed by atoms with Gasteiger partial charge in [0.05, 0.1) is 18.5 Å². The average Bonchev–Trinajstić information content (AvgIpc) is 3.16. The Balaban J connectivity index is 2.06. The molecule has 0 aliphatic carbocycles. The second-order valence-electron chi connectivity index (χ2n) is 6.70. The molecule has 0 radical (unpaired) electrons. The molecule has 2 unspecified atom stereocenters. The molecule has 2 aromatic rings. The van der Waals surface area contributed by atoms with E-state index in [4.69, 9.17) is 9.26 Å². The van der Waals surface area contributed by atoms with Crippen LogP contribution in [0, 0.1) is 5.92 Å². The fourth-order valence-corrected chi connectivity index (χ4v) is 4.06. The standard InChI is InChI=1S/C17H25N6O4P/c1-6-11-13(27-28-5)8(2)16(26-11)23-7-18-12-14(19-9(3)24)21-17(20-10(4)25)22-15(12)23/h7-8,11,13,16,28H,6H2,1-5H3,(H2,19,20,21,22,24,25)/t8?,11-,13-,16-/m1/s1. The molecule has 2 aromatic heterocycles. The quantitative estimate of drug-likeness (QED) is 0.704. The molecular weight excluding hydrogens is 383 g/mol. The molecule has 0 spiro atoms. The van der Waals surface area contributed by atoms with Gasteiger partial charge in [0.2, 0.25) is 17.8 Å². The Morgan fingerprint density at radius 1 is 1.29 bits per heavy atom. The van der Waals surface area contributed by atoms with Crippen molar-refractivity contribution in [1.82, 2.24) is 19.5 Å². The van der Waals surface area contributed by atoms with E-state index in [1.165, 1.54) is 13.8 Å². The van der Waals surface area contributed by atoms with Gasteiger partial charge < -0.3 is 14.6 Å². The van der Waals surface area contributed by atoms with Crippen LogP contribution < -0.4 is 10.6 Å². The highest BCUT2D eigenvalue weighted by Crippen LogP contribution is 2.41. The van der Waals surface area contributed by atoms with Gasteiger partial charge in [0.1, 0.15) is 6.23 Å². The van der Waals surface area contributed by atoms with Gasteiger partial charge in [-0.25, -0.2) is 4.98 Å². The summed E-state index contributed by atoms with van der Waals surface area (Å²) >= 11 is 0. The summed E-state index contributed by atoms with van der Waals surface area (Å²) in [6.45, 7) is 8.87. The summed E-state index contributed by atoms with van der Waals surface area (Å²) in [6, 6.07) is 0. The van der Waals surface area contributed by atoms with Crippen molar-refractivity contribution >= 4 is 43.6 Å². The number of aromatic nitrogens is 4. The van der Waals surface area contributed by atoms with Crippen molar-refractivity contribution < 1.29 is 18.8 Å². The van der Waals surface area contributed by atoms with Crippen LogP contribution in [0.15, 0.2) is 6.33 Å². The highest BCUT2D eigenvalue weighted by molar-refractivity contribution is 7.31. The van der Waals surface area contributed by atoms with Crippen molar-refractivity contribution in [2.24, 2.45) is 5.92 Å². The molecule has 0 aromatic carbocycles. The number of anilines is 2. The van der Waals surface area contributed by atoms with Crippen molar-refractivity contribution in [3.63, 3.8) is 0 Å². The molecule has 11 heteroatoms. The third kappa shape index (κ3) is 3.99. The van der Waals surface area contributed by atoms with Gasteiger partial charge in [0.15, 0.2) is 17.0 Å². The minimum absolute atomic E-state index is 0.0257. The smallest absolute Gasteiger partial charge is 0.233 e. The fourth-order valence-electron chi connectivity index (χ4n) is 3.42. The first kappa shape index (κ1) is 20.6. The number of nitrogens with one attached hydrogen (secondary N) is 2. The molecule has 0 bridgehead atoms. The Kier molecular flexibility index (Phi) is 6.22. The average molecular weight is 408 g/mol. The zero-order valence-corrected chi connectivity index (χ0v) is 17.5. The van der Waals surface area contributed by atoms with Gasteiger partial charge in [-0.2, -0.15) is 9.97 Å². The lowest BCUT2D eigenvalue weighted by Crippen LogP contribution is -2.26. The molecule has 1 aliphatic rings. The van der Waals surface area contributed by atoms with E-state index >= 15 is 0 Å². The summed E-state index contributed by atoms with van der Waals surface area (Å²) in [5.41, 5.74) is 0.892. The van der Waals surface area contributed by atoms with Crippen LogP contribution in [0.4, 0.5) is 11.8 Å². The Hall–Kier alpha value is -2.16. The number of hydrogen-bond acceptors (Lipinski definition) is 7. The van der Waals surface area contributed by atoms with Crippen LogP contribution >= 0.6 is 8.81 Å². The third-order valence-electron chi connectivity index (χ3n) is 4.58. The Bertz CT molecular complexity index is 888. The summed E-state index contributed by atoms with van der Waals surface area (Å²) in [4.78, 5) is 36.1. The minimum atomic E-state index is -0.332. The van der Waals surface area contributed by atoms with Gasteiger partial charge in [-0.3, -0.25) is 19.5 Å². The van der Waals surface area contributed by atoms with Crippen molar-refractivity contribution in [3.8, 4) is 0 Å². The van der Waals surface area contributed by atoms with Crippen molar-refractivity contribution in [2.45, 2.75) is 52.6 Å². The van der Waals surface area contributed by atoms with Gasteiger partial charge in [-0.15, -0.1) is 0 Å². The summed E-state index contributed by atoms with van der Waals surface area (Å²) in [5.74, 6) is -0.213. The predicted octanol–water partition coefficient (Wildman–Crippen LogP) is 2.30. The molecule has 5 atom stereocenters. The normalized spacial score (nSPS) is 24.9.